The van der Waals surface area contributed by atoms with Crippen LogP contribution in [0.2, 0.25) is 0 Å². The van der Waals surface area contributed by atoms with E-state index in [2.05, 4.69) is 22.4 Å². The Morgan fingerprint density at radius 3 is 2.47 bits per heavy atom. The van der Waals surface area contributed by atoms with Gasteiger partial charge in [0.15, 0.2) is 0 Å². The zero-order valence-electron chi connectivity index (χ0n) is 10.6. The molecule has 1 aliphatic rings. The van der Waals surface area contributed by atoms with Crippen molar-refractivity contribution in [2.45, 2.75) is 18.9 Å². The Morgan fingerprint density at radius 2 is 1.84 bits per heavy atom. The van der Waals surface area contributed by atoms with E-state index >= 15 is 0 Å². The normalized spacial score (nSPS) is 15.8. The summed E-state index contributed by atoms with van der Waals surface area (Å²) >= 11 is 0. The monoisotopic (exact) mass is 252 g/mol. The lowest BCUT2D eigenvalue weighted by atomic mass is 10.0. The Bertz CT molecular complexity index is 549. The summed E-state index contributed by atoms with van der Waals surface area (Å²) in [6, 6.07) is 15.6. The highest BCUT2D eigenvalue weighted by atomic mass is 16.1. The van der Waals surface area contributed by atoms with Gasteiger partial charge in [-0.15, -0.1) is 0 Å². The lowest BCUT2D eigenvalue weighted by Crippen LogP contribution is -2.30. The summed E-state index contributed by atoms with van der Waals surface area (Å²) < 4.78 is 0. The number of carbonyl (C=O) groups excluding carboxylic acids is 1. The lowest BCUT2D eigenvalue weighted by Gasteiger charge is -2.18. The van der Waals surface area contributed by atoms with Crippen LogP contribution in [-0.4, -0.2) is 10.9 Å². The number of rotatable bonds is 4. The molecule has 0 spiro atoms. The Labute approximate surface area is 112 Å². The Balaban J connectivity index is 1.78. The zero-order chi connectivity index (χ0) is 13.1. The van der Waals surface area contributed by atoms with Gasteiger partial charge in [-0.1, -0.05) is 36.4 Å². The molecule has 0 bridgehead atoms. The van der Waals surface area contributed by atoms with Crippen LogP contribution in [0.3, 0.4) is 0 Å². The van der Waals surface area contributed by atoms with Crippen LogP contribution in [0, 0.1) is 5.92 Å². The van der Waals surface area contributed by atoms with Gasteiger partial charge < -0.3 is 5.32 Å². The van der Waals surface area contributed by atoms with Crippen molar-refractivity contribution in [1.29, 1.82) is 0 Å². The molecular weight excluding hydrogens is 236 g/mol. The highest BCUT2D eigenvalue weighted by Crippen LogP contribution is 2.40. The van der Waals surface area contributed by atoms with Gasteiger partial charge in [0.05, 0.1) is 6.04 Å². The van der Waals surface area contributed by atoms with Crippen molar-refractivity contribution in [3.8, 4) is 0 Å². The molecule has 19 heavy (non-hydrogen) atoms. The van der Waals surface area contributed by atoms with E-state index in [1.165, 1.54) is 18.4 Å². The van der Waals surface area contributed by atoms with Crippen molar-refractivity contribution in [2.75, 3.05) is 0 Å². The first-order valence-electron chi connectivity index (χ1n) is 6.61. The van der Waals surface area contributed by atoms with E-state index in [1.807, 2.05) is 30.3 Å². The van der Waals surface area contributed by atoms with Gasteiger partial charge in [-0.25, -0.2) is 0 Å². The first-order valence-corrected chi connectivity index (χ1v) is 6.61. The third kappa shape index (κ3) is 2.81. The highest BCUT2D eigenvalue weighted by Gasteiger charge is 2.33. The molecule has 3 rings (SSSR count). The quantitative estimate of drug-likeness (QED) is 0.909. The van der Waals surface area contributed by atoms with Crippen LogP contribution < -0.4 is 5.32 Å². The molecular formula is C16H16N2O. The first kappa shape index (κ1) is 11.9. The number of nitrogens with zero attached hydrogens (tertiary/aromatic N) is 1. The fraction of sp³-hybridized carbons (Fsp3) is 0.250. The van der Waals surface area contributed by atoms with Crippen LogP contribution in [0.4, 0.5) is 0 Å². The summed E-state index contributed by atoms with van der Waals surface area (Å²) in [6.07, 6.45) is 4.01. The minimum absolute atomic E-state index is 0.0960. The van der Waals surface area contributed by atoms with Crippen molar-refractivity contribution in [1.82, 2.24) is 10.3 Å². The van der Waals surface area contributed by atoms with Crippen LogP contribution >= 0.6 is 0 Å². The molecule has 0 aliphatic heterocycles. The average Bonchev–Trinajstić information content (AvgIpc) is 3.31. The molecule has 0 radical (unpaired) electrons. The smallest absolute Gasteiger partial charge is 0.270 e. The SMILES string of the molecule is O=C(N[C@@H](c1ccccc1)C1CC1)c1ccccn1. The summed E-state index contributed by atoms with van der Waals surface area (Å²) in [4.78, 5) is 16.3. The molecule has 0 unspecified atom stereocenters. The van der Waals surface area contributed by atoms with E-state index in [1.54, 1.807) is 12.3 Å². The highest BCUT2D eigenvalue weighted by molar-refractivity contribution is 5.92. The minimum Gasteiger partial charge on any atom is -0.344 e. The molecule has 1 saturated carbocycles. The molecule has 3 nitrogen and oxygen atoms in total. The van der Waals surface area contributed by atoms with Crippen molar-refractivity contribution in [3.63, 3.8) is 0 Å². The van der Waals surface area contributed by atoms with E-state index in [-0.39, 0.29) is 11.9 Å². The molecule has 1 aromatic carbocycles. The number of hydrogen-bond acceptors (Lipinski definition) is 2. The number of carbonyl (C=O) groups is 1. The van der Waals surface area contributed by atoms with Gasteiger partial charge in [0.2, 0.25) is 0 Å². The second-order valence-corrected chi connectivity index (χ2v) is 4.91. The number of amides is 1. The summed E-state index contributed by atoms with van der Waals surface area (Å²) in [5.74, 6) is 0.469. The molecule has 1 amide bonds. The molecule has 96 valence electrons. The van der Waals surface area contributed by atoms with Crippen LogP contribution in [0.1, 0.15) is 34.9 Å². The maximum atomic E-state index is 12.2. The fourth-order valence-electron chi connectivity index (χ4n) is 2.28. The van der Waals surface area contributed by atoms with Crippen molar-refractivity contribution < 1.29 is 4.79 Å². The molecule has 1 heterocycles. The Hall–Kier alpha value is -2.16. The molecule has 1 atom stereocenters. The van der Waals surface area contributed by atoms with E-state index in [9.17, 15) is 4.79 Å². The van der Waals surface area contributed by atoms with Crippen LogP contribution in [0.5, 0.6) is 0 Å². The number of aromatic nitrogens is 1. The lowest BCUT2D eigenvalue weighted by molar-refractivity contribution is 0.0926. The predicted octanol–water partition coefficient (Wildman–Crippen LogP) is 2.96. The standard InChI is InChI=1S/C16H16N2O/c19-16(14-8-4-5-11-17-14)18-15(13-9-10-13)12-6-2-1-3-7-12/h1-8,11,13,15H,9-10H2,(H,18,19)/t15-/m0/s1. The molecule has 3 heteroatoms. The third-order valence-corrected chi connectivity index (χ3v) is 3.44. The largest absolute Gasteiger partial charge is 0.344 e. The van der Waals surface area contributed by atoms with Gasteiger partial charge in [0, 0.05) is 6.20 Å². The summed E-state index contributed by atoms with van der Waals surface area (Å²) in [6.45, 7) is 0. The number of nitrogens with one attached hydrogen (secondary N) is 1. The van der Waals surface area contributed by atoms with Gasteiger partial charge in [-0.3, -0.25) is 9.78 Å². The second-order valence-electron chi connectivity index (χ2n) is 4.91. The molecule has 1 aromatic heterocycles. The third-order valence-electron chi connectivity index (χ3n) is 3.44. The van der Waals surface area contributed by atoms with Gasteiger partial charge in [0.25, 0.3) is 5.91 Å². The molecule has 1 N–H and O–H groups in total. The second kappa shape index (κ2) is 5.22. The number of hydrogen-bond donors (Lipinski definition) is 1. The van der Waals surface area contributed by atoms with Crippen LogP contribution in [0.15, 0.2) is 54.7 Å². The van der Waals surface area contributed by atoms with E-state index < -0.39 is 0 Å². The number of benzene rings is 1. The maximum absolute atomic E-state index is 12.2. The summed E-state index contributed by atoms with van der Waals surface area (Å²) in [5.41, 5.74) is 1.65. The summed E-state index contributed by atoms with van der Waals surface area (Å²) in [7, 11) is 0. The van der Waals surface area contributed by atoms with E-state index in [0.29, 0.717) is 11.6 Å². The van der Waals surface area contributed by atoms with Gasteiger partial charge >= 0.3 is 0 Å². The van der Waals surface area contributed by atoms with Gasteiger partial charge in [-0.05, 0) is 36.5 Å². The minimum atomic E-state index is -0.0960. The predicted molar refractivity (Wildman–Crippen MR) is 73.6 cm³/mol. The van der Waals surface area contributed by atoms with Crippen molar-refractivity contribution in [2.24, 2.45) is 5.92 Å². The van der Waals surface area contributed by atoms with Gasteiger partial charge in [0.1, 0.15) is 5.69 Å². The van der Waals surface area contributed by atoms with Crippen LogP contribution in [0.25, 0.3) is 0 Å². The van der Waals surface area contributed by atoms with Crippen molar-refractivity contribution >= 4 is 5.91 Å². The molecule has 0 saturated heterocycles. The Morgan fingerprint density at radius 1 is 1.11 bits per heavy atom. The van der Waals surface area contributed by atoms with E-state index in [0.717, 1.165) is 0 Å². The fourth-order valence-corrected chi connectivity index (χ4v) is 2.28. The molecule has 1 aliphatic carbocycles. The molecule has 1 fully saturated rings. The van der Waals surface area contributed by atoms with E-state index in [4.69, 9.17) is 0 Å². The van der Waals surface area contributed by atoms with Crippen molar-refractivity contribution in [3.05, 3.63) is 66.0 Å². The maximum Gasteiger partial charge on any atom is 0.270 e. The zero-order valence-corrected chi connectivity index (χ0v) is 10.6. The molecule has 2 aromatic rings. The number of pyridine rings is 1. The van der Waals surface area contributed by atoms with Crippen LogP contribution in [-0.2, 0) is 0 Å². The first-order chi connectivity index (χ1) is 9.34. The Kier molecular flexibility index (Phi) is 3.27. The van der Waals surface area contributed by atoms with Gasteiger partial charge in [-0.2, -0.15) is 0 Å². The topological polar surface area (TPSA) is 42.0 Å². The summed E-state index contributed by atoms with van der Waals surface area (Å²) in [5, 5.41) is 3.11. The average molecular weight is 252 g/mol.